The molecule has 2 aromatic carbocycles. The highest BCUT2D eigenvalue weighted by molar-refractivity contribution is 7.19. The molecular weight excluding hydrogens is 332 g/mol. The first kappa shape index (κ1) is 15.7. The largest absolute Gasteiger partial charge is 0.386 e. The lowest BCUT2D eigenvalue weighted by molar-refractivity contribution is 0.0918. The molecule has 1 unspecified atom stereocenters. The first-order valence-corrected chi connectivity index (χ1v) is 8.82. The van der Waals surface area contributed by atoms with Crippen molar-refractivity contribution in [2.24, 2.45) is 0 Å². The molecule has 4 nitrogen and oxygen atoms in total. The number of rotatable bonds is 4. The van der Waals surface area contributed by atoms with Gasteiger partial charge in [0.2, 0.25) is 0 Å². The van der Waals surface area contributed by atoms with Crippen LogP contribution in [0.25, 0.3) is 21.0 Å². The Morgan fingerprint density at radius 3 is 2.80 bits per heavy atom. The fourth-order valence-electron chi connectivity index (χ4n) is 2.78. The zero-order valence-corrected chi connectivity index (χ0v) is 14.2. The lowest BCUT2D eigenvalue weighted by Gasteiger charge is -2.10. The summed E-state index contributed by atoms with van der Waals surface area (Å²) in [6.07, 6.45) is 1.01. The van der Waals surface area contributed by atoms with Gasteiger partial charge in [0, 0.05) is 33.3 Å². The molecule has 1 atom stereocenters. The third-order valence-corrected chi connectivity index (χ3v) is 5.31. The Bertz CT molecular complexity index is 1020. The first-order chi connectivity index (χ1) is 12.2. The zero-order valence-electron chi connectivity index (χ0n) is 13.3. The lowest BCUT2D eigenvalue weighted by Crippen LogP contribution is -2.28. The molecule has 0 aliphatic rings. The Morgan fingerprint density at radius 1 is 1.08 bits per heavy atom. The molecule has 4 rings (SSSR count). The van der Waals surface area contributed by atoms with E-state index in [2.05, 4.69) is 10.3 Å². The number of benzene rings is 2. The second-order valence-corrected chi connectivity index (χ2v) is 6.94. The highest BCUT2D eigenvalue weighted by Gasteiger charge is 2.14. The maximum Gasteiger partial charge on any atom is 0.251 e. The van der Waals surface area contributed by atoms with Crippen molar-refractivity contribution in [1.82, 2.24) is 10.3 Å². The van der Waals surface area contributed by atoms with Gasteiger partial charge in [0.15, 0.2) is 0 Å². The van der Waals surface area contributed by atoms with Crippen molar-refractivity contribution in [2.45, 2.75) is 6.10 Å². The van der Waals surface area contributed by atoms with E-state index in [0.717, 1.165) is 25.9 Å². The molecule has 0 saturated heterocycles. The van der Waals surface area contributed by atoms with E-state index in [1.54, 1.807) is 23.6 Å². The van der Waals surface area contributed by atoms with Crippen LogP contribution in [0.2, 0.25) is 0 Å². The molecular formula is C20H16N2O2S. The Morgan fingerprint density at radius 2 is 1.92 bits per heavy atom. The number of nitrogens with zero attached hydrogens (tertiary/aromatic N) is 1. The van der Waals surface area contributed by atoms with Gasteiger partial charge in [-0.3, -0.25) is 9.78 Å². The van der Waals surface area contributed by atoms with E-state index >= 15 is 0 Å². The van der Waals surface area contributed by atoms with Gasteiger partial charge in [-0.25, -0.2) is 0 Å². The average Bonchev–Trinajstić information content (AvgIpc) is 3.09. The number of amides is 1. The van der Waals surface area contributed by atoms with E-state index in [4.69, 9.17) is 0 Å². The van der Waals surface area contributed by atoms with Crippen LogP contribution in [0, 0.1) is 0 Å². The Hall–Kier alpha value is -2.76. The fraction of sp³-hybridized carbons (Fsp3) is 0.100. The minimum absolute atomic E-state index is 0.177. The van der Waals surface area contributed by atoms with Crippen LogP contribution in [0.5, 0.6) is 0 Å². The van der Waals surface area contributed by atoms with Gasteiger partial charge in [-0.15, -0.1) is 11.3 Å². The summed E-state index contributed by atoms with van der Waals surface area (Å²) in [6.45, 7) is 0.177. The normalized spacial score (nSPS) is 12.4. The van der Waals surface area contributed by atoms with E-state index in [0.29, 0.717) is 5.56 Å². The molecule has 25 heavy (non-hydrogen) atoms. The van der Waals surface area contributed by atoms with Crippen LogP contribution in [0.4, 0.5) is 0 Å². The van der Waals surface area contributed by atoms with Gasteiger partial charge in [-0.1, -0.05) is 24.3 Å². The van der Waals surface area contributed by atoms with Crippen LogP contribution < -0.4 is 5.32 Å². The van der Waals surface area contributed by atoms with E-state index in [-0.39, 0.29) is 12.5 Å². The first-order valence-electron chi connectivity index (χ1n) is 8.00. The lowest BCUT2D eigenvalue weighted by atomic mass is 10.1. The topological polar surface area (TPSA) is 62.2 Å². The van der Waals surface area contributed by atoms with E-state index in [1.807, 2.05) is 54.6 Å². The molecule has 0 fully saturated rings. The maximum absolute atomic E-state index is 12.4. The molecule has 0 aliphatic carbocycles. The number of aliphatic hydroxyl groups excluding tert-OH is 1. The molecule has 2 heterocycles. The Labute approximate surface area is 148 Å². The third kappa shape index (κ3) is 3.24. The average molecular weight is 348 g/mol. The number of fused-ring (bicyclic) bond motifs is 2. The number of carbonyl (C=O) groups is 1. The number of aliphatic hydroxyl groups is 1. The third-order valence-electron chi connectivity index (χ3n) is 4.09. The molecule has 0 saturated carbocycles. The highest BCUT2D eigenvalue weighted by atomic mass is 32.1. The van der Waals surface area contributed by atoms with Crippen molar-refractivity contribution < 1.29 is 9.90 Å². The van der Waals surface area contributed by atoms with Crippen molar-refractivity contribution in [3.05, 3.63) is 77.3 Å². The Balaban J connectivity index is 1.46. The summed E-state index contributed by atoms with van der Waals surface area (Å²) in [5, 5.41) is 15.2. The van der Waals surface area contributed by atoms with E-state index in [9.17, 15) is 9.90 Å². The molecule has 0 aliphatic heterocycles. The van der Waals surface area contributed by atoms with Crippen molar-refractivity contribution in [3.63, 3.8) is 0 Å². The molecule has 2 aromatic heterocycles. The van der Waals surface area contributed by atoms with Gasteiger partial charge < -0.3 is 10.4 Å². The van der Waals surface area contributed by atoms with Crippen molar-refractivity contribution in [1.29, 1.82) is 0 Å². The van der Waals surface area contributed by atoms with Crippen LogP contribution in [0.3, 0.4) is 0 Å². The summed E-state index contributed by atoms with van der Waals surface area (Å²) in [6, 6.07) is 19.1. The smallest absolute Gasteiger partial charge is 0.251 e. The predicted octanol–water partition coefficient (Wildman–Crippen LogP) is 3.91. The molecule has 124 valence electrons. The number of nitrogens with one attached hydrogen (secondary N) is 1. The van der Waals surface area contributed by atoms with Crippen molar-refractivity contribution >= 4 is 38.2 Å². The van der Waals surface area contributed by atoms with E-state index in [1.165, 1.54) is 0 Å². The van der Waals surface area contributed by atoms with Crippen LogP contribution in [0.1, 0.15) is 21.3 Å². The minimum Gasteiger partial charge on any atom is -0.386 e. The SMILES string of the molecule is O=C(NCC(O)c1cc2ccccc2s1)c1ccc2ncccc2c1. The minimum atomic E-state index is -0.719. The summed E-state index contributed by atoms with van der Waals surface area (Å²) in [7, 11) is 0. The predicted molar refractivity (Wildman–Crippen MR) is 101 cm³/mol. The molecule has 0 radical (unpaired) electrons. The summed E-state index contributed by atoms with van der Waals surface area (Å²) in [5.74, 6) is -0.203. The highest BCUT2D eigenvalue weighted by Crippen LogP contribution is 2.29. The maximum atomic E-state index is 12.4. The summed E-state index contributed by atoms with van der Waals surface area (Å²) in [5.41, 5.74) is 1.41. The summed E-state index contributed by atoms with van der Waals surface area (Å²) in [4.78, 5) is 17.5. The van der Waals surface area contributed by atoms with Crippen LogP contribution in [-0.2, 0) is 0 Å². The zero-order chi connectivity index (χ0) is 17.2. The number of hydrogen-bond donors (Lipinski definition) is 2. The van der Waals surface area contributed by atoms with Gasteiger partial charge in [0.05, 0.1) is 5.52 Å². The molecule has 4 aromatic rings. The molecule has 5 heteroatoms. The van der Waals surface area contributed by atoms with Gasteiger partial charge in [-0.05, 0) is 41.8 Å². The molecule has 0 bridgehead atoms. The second-order valence-electron chi connectivity index (χ2n) is 5.82. The fourth-order valence-corrected chi connectivity index (χ4v) is 3.83. The van der Waals surface area contributed by atoms with Gasteiger partial charge >= 0.3 is 0 Å². The summed E-state index contributed by atoms with van der Waals surface area (Å²) >= 11 is 1.55. The van der Waals surface area contributed by atoms with Crippen molar-refractivity contribution in [2.75, 3.05) is 6.54 Å². The van der Waals surface area contributed by atoms with Gasteiger partial charge in [0.1, 0.15) is 6.10 Å². The van der Waals surface area contributed by atoms with Crippen LogP contribution in [-0.4, -0.2) is 22.5 Å². The van der Waals surface area contributed by atoms with E-state index < -0.39 is 6.10 Å². The summed E-state index contributed by atoms with van der Waals surface area (Å²) < 4.78 is 1.13. The number of hydrogen-bond acceptors (Lipinski definition) is 4. The second kappa shape index (κ2) is 6.63. The molecule has 0 spiro atoms. The quantitative estimate of drug-likeness (QED) is 0.588. The van der Waals surface area contributed by atoms with Crippen LogP contribution >= 0.6 is 11.3 Å². The standard InChI is InChI=1S/C20H16N2O2S/c23-17(19-11-14-4-1-2-6-18(14)25-19)12-22-20(24)15-7-8-16-13(10-15)5-3-9-21-16/h1-11,17,23H,12H2,(H,22,24). The van der Waals surface area contributed by atoms with Gasteiger partial charge in [-0.2, -0.15) is 0 Å². The number of carbonyl (C=O) groups excluding carboxylic acids is 1. The number of aromatic nitrogens is 1. The number of pyridine rings is 1. The van der Waals surface area contributed by atoms with Crippen LogP contribution in [0.15, 0.2) is 66.9 Å². The monoisotopic (exact) mass is 348 g/mol. The molecule has 2 N–H and O–H groups in total. The van der Waals surface area contributed by atoms with Gasteiger partial charge in [0.25, 0.3) is 5.91 Å². The Kier molecular flexibility index (Phi) is 4.17. The van der Waals surface area contributed by atoms with Crippen molar-refractivity contribution in [3.8, 4) is 0 Å². The molecule has 1 amide bonds. The number of thiophene rings is 1.